The molecule has 3 aromatic carbocycles. The van der Waals surface area contributed by atoms with Crippen LogP contribution in [0.25, 0.3) is 11.0 Å². The second-order valence-electron chi connectivity index (χ2n) is 7.52. The topological polar surface area (TPSA) is 102 Å². The smallest absolute Gasteiger partial charge is 0.263 e. The number of nitrogens with zero attached hydrogens (tertiary/aromatic N) is 2. The van der Waals surface area contributed by atoms with Gasteiger partial charge in [-0.2, -0.15) is 0 Å². The highest BCUT2D eigenvalue weighted by atomic mass is 32.2. The molecule has 0 saturated carbocycles. The summed E-state index contributed by atoms with van der Waals surface area (Å²) < 4.78 is 39.5. The van der Waals surface area contributed by atoms with Gasteiger partial charge in [0.1, 0.15) is 11.5 Å². The Labute approximate surface area is 192 Å². The summed E-state index contributed by atoms with van der Waals surface area (Å²) >= 11 is 0. The summed E-state index contributed by atoms with van der Waals surface area (Å²) in [7, 11) is -0.770. The van der Waals surface area contributed by atoms with Crippen molar-refractivity contribution in [1.29, 1.82) is 0 Å². The number of anilines is 3. The number of aromatic nitrogens is 2. The first kappa shape index (κ1) is 22.3. The molecule has 0 saturated heterocycles. The highest BCUT2D eigenvalue weighted by Crippen LogP contribution is 2.33. The lowest BCUT2D eigenvalue weighted by Gasteiger charge is -2.16. The number of rotatable bonds is 7. The van der Waals surface area contributed by atoms with Gasteiger partial charge in [0.25, 0.3) is 10.0 Å². The first-order chi connectivity index (χ1) is 15.8. The summed E-state index contributed by atoms with van der Waals surface area (Å²) in [6.45, 7) is 3.84. The lowest BCUT2D eigenvalue weighted by molar-refractivity contribution is 0.415. The second kappa shape index (κ2) is 8.95. The Bertz CT molecular complexity index is 1420. The van der Waals surface area contributed by atoms with Crippen molar-refractivity contribution in [2.24, 2.45) is 0 Å². The molecule has 0 spiro atoms. The Balaban J connectivity index is 1.83. The fourth-order valence-corrected chi connectivity index (χ4v) is 4.28. The van der Waals surface area contributed by atoms with E-state index >= 15 is 0 Å². The summed E-state index contributed by atoms with van der Waals surface area (Å²) in [4.78, 5) is 9.31. The van der Waals surface area contributed by atoms with Crippen LogP contribution < -0.4 is 19.5 Å². The molecule has 8 nitrogen and oxygen atoms in total. The molecule has 0 aliphatic carbocycles. The van der Waals surface area contributed by atoms with Crippen LogP contribution in [0.3, 0.4) is 0 Å². The van der Waals surface area contributed by atoms with Crippen LogP contribution in [0.2, 0.25) is 0 Å². The molecule has 0 aliphatic heterocycles. The summed E-state index contributed by atoms with van der Waals surface area (Å²) in [5, 5.41) is 3.18. The van der Waals surface area contributed by atoms with Crippen LogP contribution >= 0.6 is 0 Å². The van der Waals surface area contributed by atoms with E-state index in [1.165, 1.54) is 0 Å². The van der Waals surface area contributed by atoms with Crippen molar-refractivity contribution < 1.29 is 17.9 Å². The third kappa shape index (κ3) is 4.83. The molecule has 0 aliphatic rings. The molecule has 4 rings (SSSR count). The largest absolute Gasteiger partial charge is 0.497 e. The van der Waals surface area contributed by atoms with E-state index < -0.39 is 10.0 Å². The molecule has 9 heteroatoms. The first-order valence-electron chi connectivity index (χ1n) is 10.2. The van der Waals surface area contributed by atoms with Crippen LogP contribution in [-0.2, 0) is 10.0 Å². The average molecular weight is 465 g/mol. The van der Waals surface area contributed by atoms with Gasteiger partial charge in [-0.25, -0.2) is 18.4 Å². The van der Waals surface area contributed by atoms with Gasteiger partial charge in [0.15, 0.2) is 11.6 Å². The van der Waals surface area contributed by atoms with Gasteiger partial charge in [0.2, 0.25) is 0 Å². The van der Waals surface area contributed by atoms with Gasteiger partial charge in [0.05, 0.1) is 35.8 Å². The molecular formula is C24H24N4O4S. The molecule has 33 heavy (non-hydrogen) atoms. The predicted octanol–water partition coefficient (Wildman–Crippen LogP) is 4.81. The Morgan fingerprint density at radius 1 is 0.758 bits per heavy atom. The van der Waals surface area contributed by atoms with Crippen LogP contribution in [-0.4, -0.2) is 32.6 Å². The van der Waals surface area contributed by atoms with Crippen LogP contribution in [0.1, 0.15) is 11.1 Å². The number of sulfonamides is 1. The molecule has 4 aromatic rings. The van der Waals surface area contributed by atoms with Crippen molar-refractivity contribution in [1.82, 2.24) is 9.97 Å². The van der Waals surface area contributed by atoms with Crippen LogP contribution in [0, 0.1) is 13.8 Å². The molecule has 0 radical (unpaired) electrons. The molecule has 0 fully saturated rings. The van der Waals surface area contributed by atoms with Crippen LogP contribution in [0.5, 0.6) is 11.5 Å². The van der Waals surface area contributed by atoms with Crippen molar-refractivity contribution >= 4 is 38.4 Å². The fraction of sp³-hybridized carbons (Fsp3) is 0.167. The van der Waals surface area contributed by atoms with E-state index in [0.29, 0.717) is 28.2 Å². The molecule has 0 atom stereocenters. The third-order valence-electron chi connectivity index (χ3n) is 5.04. The van der Waals surface area contributed by atoms with Crippen LogP contribution in [0.15, 0.2) is 65.6 Å². The number of nitrogens with one attached hydrogen (secondary N) is 2. The van der Waals surface area contributed by atoms with E-state index in [0.717, 1.165) is 11.1 Å². The zero-order chi connectivity index (χ0) is 23.6. The summed E-state index contributed by atoms with van der Waals surface area (Å²) in [6.07, 6.45) is 0. The summed E-state index contributed by atoms with van der Waals surface area (Å²) in [5.74, 6) is 1.50. The molecule has 0 amide bonds. The number of methoxy groups -OCH3 is 2. The maximum atomic E-state index is 13.1. The van der Waals surface area contributed by atoms with Gasteiger partial charge in [-0.1, -0.05) is 23.8 Å². The number of aryl methyl sites for hydroxylation is 2. The number of hydrogen-bond donors (Lipinski definition) is 2. The van der Waals surface area contributed by atoms with Crippen molar-refractivity contribution in [3.8, 4) is 11.5 Å². The van der Waals surface area contributed by atoms with Gasteiger partial charge in [0, 0.05) is 6.07 Å². The number of benzene rings is 3. The number of ether oxygens (including phenoxy) is 2. The lowest BCUT2D eigenvalue weighted by Crippen LogP contribution is -2.16. The minimum atomic E-state index is -3.90. The minimum absolute atomic E-state index is 0.0665. The van der Waals surface area contributed by atoms with E-state index in [1.807, 2.05) is 32.0 Å². The highest BCUT2D eigenvalue weighted by molar-refractivity contribution is 7.92. The third-order valence-corrected chi connectivity index (χ3v) is 6.40. The maximum absolute atomic E-state index is 13.1. The molecule has 1 aromatic heterocycles. The van der Waals surface area contributed by atoms with E-state index in [2.05, 4.69) is 20.0 Å². The van der Waals surface area contributed by atoms with Crippen molar-refractivity contribution in [2.75, 3.05) is 24.3 Å². The lowest BCUT2D eigenvalue weighted by atomic mass is 10.2. The normalized spacial score (nSPS) is 11.3. The van der Waals surface area contributed by atoms with Crippen molar-refractivity contribution in [2.45, 2.75) is 18.7 Å². The molecule has 1 heterocycles. The molecular weight excluding hydrogens is 440 g/mol. The van der Waals surface area contributed by atoms with E-state index in [9.17, 15) is 8.42 Å². The second-order valence-corrected chi connectivity index (χ2v) is 9.21. The number of fused-ring (bicyclic) bond motifs is 1. The van der Waals surface area contributed by atoms with E-state index in [-0.39, 0.29) is 16.5 Å². The Morgan fingerprint density at radius 2 is 1.45 bits per heavy atom. The van der Waals surface area contributed by atoms with Gasteiger partial charge in [-0.05, 0) is 55.8 Å². The zero-order valence-corrected chi connectivity index (χ0v) is 19.5. The molecule has 2 N–H and O–H groups in total. The van der Waals surface area contributed by atoms with Crippen LogP contribution in [0.4, 0.5) is 17.3 Å². The molecule has 0 unspecified atom stereocenters. The molecule has 0 bridgehead atoms. The number of hydrogen-bond acceptors (Lipinski definition) is 7. The van der Waals surface area contributed by atoms with Gasteiger partial charge in [-0.15, -0.1) is 0 Å². The standard InChI is InChI=1S/C24H24N4O4S/c1-15-5-9-18(10-6-15)33(29,30)28-24-23(27-21-13-16(2)7-12-22(21)32-4)26-20-14-17(31-3)8-11-19(20)25-24/h5-14H,1-4H3,(H,25,28)(H,26,27). The quantitative estimate of drug-likeness (QED) is 0.405. The fourth-order valence-electron chi connectivity index (χ4n) is 3.27. The maximum Gasteiger partial charge on any atom is 0.263 e. The SMILES string of the molecule is COc1ccc2nc(NS(=O)(=O)c3ccc(C)cc3)c(Nc3cc(C)ccc3OC)nc2c1. The van der Waals surface area contributed by atoms with E-state index in [1.54, 1.807) is 56.7 Å². The predicted molar refractivity (Wildman–Crippen MR) is 129 cm³/mol. The minimum Gasteiger partial charge on any atom is -0.497 e. The van der Waals surface area contributed by atoms with Gasteiger partial charge >= 0.3 is 0 Å². The molecule has 170 valence electrons. The van der Waals surface area contributed by atoms with Gasteiger partial charge < -0.3 is 14.8 Å². The summed E-state index contributed by atoms with van der Waals surface area (Å²) in [6, 6.07) is 17.4. The Hall–Kier alpha value is -3.85. The Kier molecular flexibility index (Phi) is 6.06. The van der Waals surface area contributed by atoms with Crippen molar-refractivity contribution in [3.05, 3.63) is 71.8 Å². The van der Waals surface area contributed by atoms with E-state index in [4.69, 9.17) is 9.47 Å². The monoisotopic (exact) mass is 464 g/mol. The zero-order valence-electron chi connectivity index (χ0n) is 18.7. The highest BCUT2D eigenvalue weighted by Gasteiger charge is 2.20. The average Bonchev–Trinajstić information content (AvgIpc) is 2.79. The summed E-state index contributed by atoms with van der Waals surface area (Å²) in [5.41, 5.74) is 3.64. The van der Waals surface area contributed by atoms with Crippen molar-refractivity contribution in [3.63, 3.8) is 0 Å². The van der Waals surface area contributed by atoms with Gasteiger partial charge in [-0.3, -0.25) is 4.72 Å². The first-order valence-corrected chi connectivity index (χ1v) is 11.6. The Morgan fingerprint density at radius 3 is 2.15 bits per heavy atom.